The molecule has 110 valence electrons. The second-order valence-corrected chi connectivity index (χ2v) is 6.33. The van der Waals surface area contributed by atoms with Crippen LogP contribution in [0.1, 0.15) is 31.4 Å². The molecule has 0 atom stereocenters. The van der Waals surface area contributed by atoms with Gasteiger partial charge in [-0.25, -0.2) is 0 Å². The zero-order valence-corrected chi connectivity index (χ0v) is 13.8. The number of unbranched alkanes of at least 4 members (excludes halogenated alkanes) is 3. The molecule has 0 N–H and O–H groups in total. The summed E-state index contributed by atoms with van der Waals surface area (Å²) in [4.78, 5) is 7.06. The summed E-state index contributed by atoms with van der Waals surface area (Å²) in [6, 6.07) is 12.9. The Balaban J connectivity index is 1.75. The van der Waals surface area contributed by atoms with Crippen molar-refractivity contribution in [3.63, 3.8) is 0 Å². The Kier molecular flexibility index (Phi) is 4.91. The SMILES string of the molecule is BrCCCCCCN1Cc2ncccc2-c2ccccc21. The maximum atomic E-state index is 4.58. The van der Waals surface area contributed by atoms with E-state index in [-0.39, 0.29) is 0 Å². The first-order valence-electron chi connectivity index (χ1n) is 7.74. The normalized spacial score (nSPS) is 12.9. The molecule has 2 aromatic rings. The van der Waals surface area contributed by atoms with Gasteiger partial charge in [-0.15, -0.1) is 0 Å². The van der Waals surface area contributed by atoms with Crippen LogP contribution in [0.2, 0.25) is 0 Å². The standard InChI is InChI=1S/C18H21BrN2/c19-11-5-1-2-6-13-21-14-17-15(9-7-12-20-17)16-8-3-4-10-18(16)21/h3-4,7-10,12H,1-2,5-6,11,13-14H2. The van der Waals surface area contributed by atoms with Gasteiger partial charge in [0, 0.05) is 34.9 Å². The molecule has 3 rings (SSSR count). The molecular formula is C18H21BrN2. The highest BCUT2D eigenvalue weighted by molar-refractivity contribution is 9.09. The molecule has 21 heavy (non-hydrogen) atoms. The number of para-hydroxylation sites is 1. The molecule has 0 radical (unpaired) electrons. The number of benzene rings is 1. The van der Waals surface area contributed by atoms with Gasteiger partial charge < -0.3 is 4.90 Å². The number of nitrogens with zero attached hydrogens (tertiary/aromatic N) is 2. The molecule has 0 saturated carbocycles. The molecule has 1 aliphatic heterocycles. The maximum absolute atomic E-state index is 4.58. The van der Waals surface area contributed by atoms with Gasteiger partial charge >= 0.3 is 0 Å². The van der Waals surface area contributed by atoms with Gasteiger partial charge in [-0.05, 0) is 25.0 Å². The van der Waals surface area contributed by atoms with Gasteiger partial charge in [0.1, 0.15) is 0 Å². The molecule has 0 saturated heterocycles. The number of alkyl halides is 1. The van der Waals surface area contributed by atoms with E-state index in [9.17, 15) is 0 Å². The minimum absolute atomic E-state index is 0.936. The molecule has 1 aromatic carbocycles. The first-order valence-corrected chi connectivity index (χ1v) is 8.86. The lowest BCUT2D eigenvalue weighted by molar-refractivity contribution is 0.641. The second kappa shape index (κ2) is 7.08. The molecule has 0 amide bonds. The number of anilines is 1. The highest BCUT2D eigenvalue weighted by Crippen LogP contribution is 2.37. The first-order chi connectivity index (χ1) is 10.4. The summed E-state index contributed by atoms with van der Waals surface area (Å²) >= 11 is 3.50. The Morgan fingerprint density at radius 2 is 1.76 bits per heavy atom. The lowest BCUT2D eigenvalue weighted by Crippen LogP contribution is -2.28. The Labute approximate surface area is 135 Å². The van der Waals surface area contributed by atoms with Crippen LogP contribution < -0.4 is 4.90 Å². The molecule has 2 nitrogen and oxygen atoms in total. The van der Waals surface area contributed by atoms with Gasteiger partial charge in [0.15, 0.2) is 0 Å². The van der Waals surface area contributed by atoms with Crippen LogP contribution in [0.25, 0.3) is 11.1 Å². The molecule has 0 aliphatic carbocycles. The van der Waals surface area contributed by atoms with Crippen LogP contribution in [0.5, 0.6) is 0 Å². The van der Waals surface area contributed by atoms with Gasteiger partial charge in [0.2, 0.25) is 0 Å². The monoisotopic (exact) mass is 344 g/mol. The van der Waals surface area contributed by atoms with E-state index in [1.54, 1.807) is 0 Å². The summed E-state index contributed by atoms with van der Waals surface area (Å²) in [5.41, 5.74) is 5.19. The maximum Gasteiger partial charge on any atom is 0.0675 e. The number of pyridine rings is 1. The molecule has 0 bridgehead atoms. The molecular weight excluding hydrogens is 324 g/mol. The van der Waals surface area contributed by atoms with Crippen molar-refractivity contribution in [3.05, 3.63) is 48.3 Å². The summed E-state index contributed by atoms with van der Waals surface area (Å²) in [7, 11) is 0. The zero-order chi connectivity index (χ0) is 14.5. The van der Waals surface area contributed by atoms with Crippen molar-refractivity contribution in [2.75, 3.05) is 16.8 Å². The Morgan fingerprint density at radius 1 is 0.952 bits per heavy atom. The number of hydrogen-bond donors (Lipinski definition) is 0. The quantitative estimate of drug-likeness (QED) is 0.540. The summed E-state index contributed by atoms with van der Waals surface area (Å²) in [5.74, 6) is 0. The molecule has 0 unspecified atom stereocenters. The molecule has 1 aliphatic rings. The predicted octanol–water partition coefficient (Wildman–Crippen LogP) is 5.02. The number of halogens is 1. The number of rotatable bonds is 6. The molecule has 0 fully saturated rings. The van der Waals surface area contributed by atoms with Crippen molar-refractivity contribution >= 4 is 21.6 Å². The minimum Gasteiger partial charge on any atom is -0.365 e. The lowest BCUT2D eigenvalue weighted by Gasteiger charge is -2.32. The molecule has 3 heteroatoms. The van der Waals surface area contributed by atoms with E-state index in [0.29, 0.717) is 0 Å². The van der Waals surface area contributed by atoms with E-state index >= 15 is 0 Å². The summed E-state index contributed by atoms with van der Waals surface area (Å²) < 4.78 is 0. The smallest absolute Gasteiger partial charge is 0.0675 e. The number of fused-ring (bicyclic) bond motifs is 3. The van der Waals surface area contributed by atoms with Crippen LogP contribution in [0.4, 0.5) is 5.69 Å². The molecule has 0 spiro atoms. The molecule has 1 aromatic heterocycles. The van der Waals surface area contributed by atoms with E-state index in [0.717, 1.165) is 18.4 Å². The van der Waals surface area contributed by atoms with Crippen LogP contribution in [0.3, 0.4) is 0 Å². The number of aromatic nitrogens is 1. The predicted molar refractivity (Wildman–Crippen MR) is 93.0 cm³/mol. The third-order valence-electron chi connectivity index (χ3n) is 4.08. The largest absolute Gasteiger partial charge is 0.365 e. The first kappa shape index (κ1) is 14.6. The summed E-state index contributed by atoms with van der Waals surface area (Å²) in [6.07, 6.45) is 7.06. The topological polar surface area (TPSA) is 16.1 Å². The average Bonchev–Trinajstić information content (AvgIpc) is 2.54. The fourth-order valence-corrected chi connectivity index (χ4v) is 3.40. The summed E-state index contributed by atoms with van der Waals surface area (Å²) in [5, 5.41) is 1.12. The van der Waals surface area contributed by atoms with Crippen molar-refractivity contribution in [1.82, 2.24) is 4.98 Å². The third-order valence-corrected chi connectivity index (χ3v) is 4.64. The van der Waals surface area contributed by atoms with Crippen LogP contribution in [0, 0.1) is 0 Å². The van der Waals surface area contributed by atoms with Gasteiger partial charge in [0.25, 0.3) is 0 Å². The van der Waals surface area contributed by atoms with E-state index in [4.69, 9.17) is 0 Å². The van der Waals surface area contributed by atoms with Crippen LogP contribution in [-0.2, 0) is 6.54 Å². The van der Waals surface area contributed by atoms with E-state index in [1.807, 2.05) is 12.3 Å². The Morgan fingerprint density at radius 3 is 2.67 bits per heavy atom. The fourth-order valence-electron chi connectivity index (χ4n) is 3.00. The van der Waals surface area contributed by atoms with Crippen molar-refractivity contribution in [1.29, 1.82) is 0 Å². The van der Waals surface area contributed by atoms with E-state index in [1.165, 1.54) is 48.2 Å². The highest BCUT2D eigenvalue weighted by atomic mass is 79.9. The van der Waals surface area contributed by atoms with Gasteiger partial charge in [-0.3, -0.25) is 4.98 Å². The third kappa shape index (κ3) is 3.29. The lowest BCUT2D eigenvalue weighted by atomic mass is 9.97. The van der Waals surface area contributed by atoms with Gasteiger partial charge in [-0.2, -0.15) is 0 Å². The van der Waals surface area contributed by atoms with Crippen molar-refractivity contribution in [3.8, 4) is 11.1 Å². The Hall–Kier alpha value is -1.35. The Bertz CT molecular complexity index is 597. The van der Waals surface area contributed by atoms with E-state index < -0.39 is 0 Å². The van der Waals surface area contributed by atoms with Gasteiger partial charge in [-0.1, -0.05) is 53.0 Å². The van der Waals surface area contributed by atoms with Crippen LogP contribution in [-0.4, -0.2) is 16.9 Å². The van der Waals surface area contributed by atoms with Crippen molar-refractivity contribution in [2.24, 2.45) is 0 Å². The summed E-state index contributed by atoms with van der Waals surface area (Å²) in [6.45, 7) is 2.06. The van der Waals surface area contributed by atoms with Crippen molar-refractivity contribution in [2.45, 2.75) is 32.2 Å². The van der Waals surface area contributed by atoms with Gasteiger partial charge in [0.05, 0.1) is 12.2 Å². The fraction of sp³-hybridized carbons (Fsp3) is 0.389. The highest BCUT2D eigenvalue weighted by Gasteiger charge is 2.21. The number of hydrogen-bond acceptors (Lipinski definition) is 2. The zero-order valence-electron chi connectivity index (χ0n) is 12.3. The molecule has 2 heterocycles. The average molecular weight is 345 g/mol. The van der Waals surface area contributed by atoms with E-state index in [2.05, 4.69) is 56.1 Å². The minimum atomic E-state index is 0.936. The van der Waals surface area contributed by atoms with Crippen LogP contribution >= 0.6 is 15.9 Å². The van der Waals surface area contributed by atoms with Crippen LogP contribution in [0.15, 0.2) is 42.6 Å². The second-order valence-electron chi connectivity index (χ2n) is 5.54. The van der Waals surface area contributed by atoms with Crippen molar-refractivity contribution < 1.29 is 0 Å².